The lowest BCUT2D eigenvalue weighted by Gasteiger charge is -2.07. The molecule has 5 nitrogen and oxygen atoms in total. The third-order valence-electron chi connectivity index (χ3n) is 3.06. The van der Waals surface area contributed by atoms with Gasteiger partial charge in [0.15, 0.2) is 0 Å². The van der Waals surface area contributed by atoms with Gasteiger partial charge in [-0.3, -0.25) is 4.98 Å². The molecule has 5 heteroatoms. The molecule has 0 bridgehead atoms. The molecule has 104 valence electrons. The van der Waals surface area contributed by atoms with Crippen LogP contribution in [-0.2, 0) is 6.42 Å². The van der Waals surface area contributed by atoms with E-state index in [-0.39, 0.29) is 5.95 Å². The number of nitrogen functional groups attached to an aromatic ring is 1. The second-order valence-electron chi connectivity index (χ2n) is 4.65. The van der Waals surface area contributed by atoms with Crippen molar-refractivity contribution in [3.63, 3.8) is 0 Å². The fourth-order valence-corrected chi connectivity index (χ4v) is 2.03. The lowest BCUT2D eigenvalue weighted by atomic mass is 10.1. The van der Waals surface area contributed by atoms with Gasteiger partial charge in [0.1, 0.15) is 5.82 Å². The number of hydrogen-bond acceptors (Lipinski definition) is 5. The van der Waals surface area contributed by atoms with Crippen molar-refractivity contribution in [1.29, 1.82) is 0 Å². The molecule has 0 fully saturated rings. The molecular weight excluding hydrogens is 262 g/mol. The molecule has 3 aromatic rings. The van der Waals surface area contributed by atoms with E-state index in [0.717, 1.165) is 12.1 Å². The van der Waals surface area contributed by atoms with Crippen LogP contribution in [0.1, 0.15) is 11.1 Å². The molecule has 0 atom stereocenters. The van der Waals surface area contributed by atoms with Crippen molar-refractivity contribution in [1.82, 2.24) is 15.0 Å². The van der Waals surface area contributed by atoms with Crippen LogP contribution in [0.2, 0.25) is 0 Å². The molecule has 1 aromatic carbocycles. The molecule has 0 aliphatic rings. The van der Waals surface area contributed by atoms with E-state index in [1.54, 1.807) is 12.3 Å². The zero-order valence-corrected chi connectivity index (χ0v) is 11.4. The van der Waals surface area contributed by atoms with Gasteiger partial charge in [-0.1, -0.05) is 12.1 Å². The minimum absolute atomic E-state index is 0.259. The quantitative estimate of drug-likeness (QED) is 0.766. The van der Waals surface area contributed by atoms with Crippen LogP contribution in [0.5, 0.6) is 0 Å². The Bertz CT molecular complexity index is 710. The summed E-state index contributed by atoms with van der Waals surface area (Å²) in [5.41, 5.74) is 9.01. The van der Waals surface area contributed by atoms with E-state index in [1.807, 2.05) is 36.7 Å². The topological polar surface area (TPSA) is 76.7 Å². The second kappa shape index (κ2) is 6.00. The summed E-state index contributed by atoms with van der Waals surface area (Å²) in [7, 11) is 0. The normalized spacial score (nSPS) is 10.3. The number of rotatable bonds is 4. The third kappa shape index (κ3) is 3.54. The van der Waals surface area contributed by atoms with Gasteiger partial charge in [0.25, 0.3) is 0 Å². The number of aromatic nitrogens is 3. The lowest BCUT2D eigenvalue weighted by molar-refractivity contribution is 1.16. The molecule has 2 aromatic heterocycles. The first-order valence-electron chi connectivity index (χ1n) is 6.63. The van der Waals surface area contributed by atoms with Gasteiger partial charge in [-0.05, 0) is 47.9 Å². The van der Waals surface area contributed by atoms with Crippen molar-refractivity contribution in [2.75, 3.05) is 11.1 Å². The molecule has 3 rings (SSSR count). The van der Waals surface area contributed by atoms with Crippen LogP contribution in [-0.4, -0.2) is 15.0 Å². The molecule has 0 saturated carbocycles. The molecule has 0 spiro atoms. The van der Waals surface area contributed by atoms with Crippen LogP contribution in [0, 0.1) is 0 Å². The summed E-state index contributed by atoms with van der Waals surface area (Å²) in [6.07, 6.45) is 6.14. The monoisotopic (exact) mass is 277 g/mol. The number of benzene rings is 1. The van der Waals surface area contributed by atoms with Gasteiger partial charge >= 0.3 is 0 Å². The van der Waals surface area contributed by atoms with Crippen molar-refractivity contribution < 1.29 is 0 Å². The summed E-state index contributed by atoms with van der Waals surface area (Å²) < 4.78 is 0. The molecule has 3 N–H and O–H groups in total. The number of anilines is 3. The maximum absolute atomic E-state index is 5.55. The minimum Gasteiger partial charge on any atom is -0.368 e. The van der Waals surface area contributed by atoms with Crippen molar-refractivity contribution in [2.24, 2.45) is 0 Å². The molecule has 0 unspecified atom stereocenters. The van der Waals surface area contributed by atoms with E-state index in [9.17, 15) is 0 Å². The smallest absolute Gasteiger partial charge is 0.221 e. The summed E-state index contributed by atoms with van der Waals surface area (Å²) >= 11 is 0. The van der Waals surface area contributed by atoms with E-state index in [0.29, 0.717) is 5.82 Å². The number of hydrogen-bond donors (Lipinski definition) is 2. The summed E-state index contributed by atoms with van der Waals surface area (Å²) in [6, 6.07) is 14.1. The number of nitrogens with two attached hydrogens (primary N) is 1. The van der Waals surface area contributed by atoms with Crippen LogP contribution < -0.4 is 11.1 Å². The molecule has 0 aliphatic heterocycles. The Labute approximate surface area is 122 Å². The van der Waals surface area contributed by atoms with Crippen LogP contribution in [0.4, 0.5) is 17.5 Å². The predicted molar refractivity (Wildman–Crippen MR) is 83.2 cm³/mol. The first kappa shape index (κ1) is 13.1. The average molecular weight is 277 g/mol. The minimum atomic E-state index is 0.259. The highest BCUT2D eigenvalue weighted by atomic mass is 15.1. The van der Waals surface area contributed by atoms with Crippen molar-refractivity contribution in [3.8, 4) is 0 Å². The maximum atomic E-state index is 5.55. The van der Waals surface area contributed by atoms with Crippen LogP contribution in [0.25, 0.3) is 0 Å². The van der Waals surface area contributed by atoms with Gasteiger partial charge in [0.2, 0.25) is 5.95 Å². The van der Waals surface area contributed by atoms with Crippen LogP contribution >= 0.6 is 0 Å². The van der Waals surface area contributed by atoms with Gasteiger partial charge in [0.05, 0.1) is 0 Å². The maximum Gasteiger partial charge on any atom is 0.221 e. The second-order valence-corrected chi connectivity index (χ2v) is 4.65. The zero-order chi connectivity index (χ0) is 14.5. The zero-order valence-electron chi connectivity index (χ0n) is 11.4. The van der Waals surface area contributed by atoms with Crippen molar-refractivity contribution >= 4 is 17.5 Å². The average Bonchev–Trinajstić information content (AvgIpc) is 2.50. The number of nitrogens with one attached hydrogen (secondary N) is 1. The van der Waals surface area contributed by atoms with Crippen molar-refractivity contribution in [2.45, 2.75) is 6.42 Å². The molecule has 0 amide bonds. The fraction of sp³-hybridized carbons (Fsp3) is 0.0625. The standard InChI is InChI=1S/C16H15N5/c17-16-19-10-7-15(21-16)20-14-3-1-12(2-4-14)11-13-5-8-18-9-6-13/h1-10H,11H2,(H3,17,19,20,21). The Morgan fingerprint density at radius 3 is 2.29 bits per heavy atom. The fourth-order valence-electron chi connectivity index (χ4n) is 2.03. The summed E-state index contributed by atoms with van der Waals surface area (Å²) in [6.45, 7) is 0. The highest BCUT2D eigenvalue weighted by molar-refractivity contribution is 5.57. The highest BCUT2D eigenvalue weighted by Gasteiger charge is 1.99. The van der Waals surface area contributed by atoms with Crippen LogP contribution in [0.15, 0.2) is 61.1 Å². The highest BCUT2D eigenvalue weighted by Crippen LogP contribution is 2.17. The Morgan fingerprint density at radius 2 is 1.57 bits per heavy atom. The van der Waals surface area contributed by atoms with Gasteiger partial charge < -0.3 is 11.1 Å². The first-order chi connectivity index (χ1) is 10.3. The number of pyridine rings is 1. The van der Waals surface area contributed by atoms with Gasteiger partial charge in [-0.15, -0.1) is 0 Å². The van der Waals surface area contributed by atoms with Gasteiger partial charge in [0, 0.05) is 24.3 Å². The first-order valence-corrected chi connectivity index (χ1v) is 6.63. The van der Waals surface area contributed by atoms with Crippen molar-refractivity contribution in [3.05, 3.63) is 72.2 Å². The van der Waals surface area contributed by atoms with E-state index < -0.39 is 0 Å². The van der Waals surface area contributed by atoms with E-state index in [4.69, 9.17) is 5.73 Å². The molecule has 2 heterocycles. The number of nitrogens with zero attached hydrogens (tertiary/aromatic N) is 3. The molecule has 0 radical (unpaired) electrons. The largest absolute Gasteiger partial charge is 0.368 e. The van der Waals surface area contributed by atoms with E-state index >= 15 is 0 Å². The predicted octanol–water partition coefficient (Wildman–Crippen LogP) is 2.79. The third-order valence-corrected chi connectivity index (χ3v) is 3.06. The molecule has 0 aliphatic carbocycles. The van der Waals surface area contributed by atoms with Gasteiger partial charge in [-0.25, -0.2) is 4.98 Å². The summed E-state index contributed by atoms with van der Waals surface area (Å²) in [5, 5.41) is 3.19. The summed E-state index contributed by atoms with van der Waals surface area (Å²) in [5.74, 6) is 0.943. The Morgan fingerprint density at radius 1 is 0.857 bits per heavy atom. The summed E-state index contributed by atoms with van der Waals surface area (Å²) in [4.78, 5) is 12.0. The lowest BCUT2D eigenvalue weighted by Crippen LogP contribution is -1.99. The Hall–Kier alpha value is -2.95. The van der Waals surface area contributed by atoms with Gasteiger partial charge in [-0.2, -0.15) is 4.98 Å². The van der Waals surface area contributed by atoms with E-state index in [2.05, 4.69) is 32.4 Å². The SMILES string of the molecule is Nc1nccc(Nc2ccc(Cc3ccncc3)cc2)n1. The van der Waals surface area contributed by atoms with E-state index in [1.165, 1.54) is 11.1 Å². The molecule has 0 saturated heterocycles. The van der Waals surface area contributed by atoms with Crippen LogP contribution in [0.3, 0.4) is 0 Å². The molecular formula is C16H15N5. The Balaban J connectivity index is 1.69. The Kier molecular flexibility index (Phi) is 3.73. The molecule has 21 heavy (non-hydrogen) atoms.